The first-order valence-electron chi connectivity index (χ1n) is 5.21. The lowest BCUT2D eigenvalue weighted by atomic mass is 10.1. The highest BCUT2D eigenvalue weighted by atomic mass is 16.5. The van der Waals surface area contributed by atoms with Crippen LogP contribution in [0.5, 0.6) is 0 Å². The molecule has 3 N–H and O–H groups in total. The zero-order chi connectivity index (χ0) is 10.6. The molecule has 2 atom stereocenters. The predicted molar refractivity (Wildman–Crippen MR) is 54.1 cm³/mol. The second-order valence-electron chi connectivity index (χ2n) is 4.53. The van der Waals surface area contributed by atoms with Gasteiger partial charge in [-0.3, -0.25) is 0 Å². The van der Waals surface area contributed by atoms with E-state index in [1.165, 1.54) is 0 Å². The zero-order valence-electron chi connectivity index (χ0n) is 8.99. The molecular weight excluding hydrogens is 182 g/mol. The van der Waals surface area contributed by atoms with Crippen molar-refractivity contribution in [2.75, 3.05) is 19.7 Å². The van der Waals surface area contributed by atoms with Gasteiger partial charge in [0.05, 0.1) is 24.4 Å². The molecule has 1 heterocycles. The average molecular weight is 203 g/mol. The van der Waals surface area contributed by atoms with Gasteiger partial charge in [0.1, 0.15) is 0 Å². The van der Waals surface area contributed by atoms with Crippen LogP contribution < -0.4 is 5.32 Å². The van der Waals surface area contributed by atoms with Gasteiger partial charge in [0.25, 0.3) is 0 Å². The third-order valence-corrected chi connectivity index (χ3v) is 2.52. The molecule has 1 saturated heterocycles. The zero-order valence-corrected chi connectivity index (χ0v) is 8.99. The Morgan fingerprint density at radius 1 is 1.57 bits per heavy atom. The molecule has 1 aliphatic rings. The van der Waals surface area contributed by atoms with Crippen LogP contribution in [-0.2, 0) is 4.74 Å². The van der Waals surface area contributed by atoms with Gasteiger partial charge in [-0.15, -0.1) is 0 Å². The number of aliphatic hydroxyl groups is 2. The number of hydrogen-bond acceptors (Lipinski definition) is 4. The third-order valence-electron chi connectivity index (χ3n) is 2.52. The summed E-state index contributed by atoms with van der Waals surface area (Å²) in [5.74, 6) is 0. The van der Waals surface area contributed by atoms with Crippen LogP contribution in [0, 0.1) is 0 Å². The van der Waals surface area contributed by atoms with Crippen molar-refractivity contribution in [3.8, 4) is 0 Å². The lowest BCUT2D eigenvalue weighted by molar-refractivity contribution is -0.0155. The van der Waals surface area contributed by atoms with E-state index in [1.54, 1.807) is 0 Å². The highest BCUT2D eigenvalue weighted by molar-refractivity contribution is 4.81. The van der Waals surface area contributed by atoms with E-state index >= 15 is 0 Å². The SMILES string of the molecule is CC1(C)CCC(CNCC(O)CO)O1. The van der Waals surface area contributed by atoms with Crippen LogP contribution in [0.2, 0.25) is 0 Å². The molecule has 0 aromatic carbocycles. The molecule has 4 nitrogen and oxygen atoms in total. The van der Waals surface area contributed by atoms with E-state index < -0.39 is 6.10 Å². The fraction of sp³-hybridized carbons (Fsp3) is 1.00. The van der Waals surface area contributed by atoms with Gasteiger partial charge < -0.3 is 20.3 Å². The first-order chi connectivity index (χ1) is 6.53. The van der Waals surface area contributed by atoms with E-state index in [9.17, 15) is 0 Å². The van der Waals surface area contributed by atoms with Crippen molar-refractivity contribution in [3.63, 3.8) is 0 Å². The minimum atomic E-state index is -0.663. The Morgan fingerprint density at radius 2 is 2.29 bits per heavy atom. The Morgan fingerprint density at radius 3 is 2.79 bits per heavy atom. The van der Waals surface area contributed by atoms with Crippen LogP contribution >= 0.6 is 0 Å². The van der Waals surface area contributed by atoms with Gasteiger partial charge in [-0.1, -0.05) is 0 Å². The van der Waals surface area contributed by atoms with Crippen LogP contribution in [0.1, 0.15) is 26.7 Å². The van der Waals surface area contributed by atoms with Gasteiger partial charge >= 0.3 is 0 Å². The van der Waals surface area contributed by atoms with Crippen molar-refractivity contribution in [2.24, 2.45) is 0 Å². The second-order valence-corrected chi connectivity index (χ2v) is 4.53. The molecule has 4 heteroatoms. The van der Waals surface area contributed by atoms with Crippen molar-refractivity contribution in [1.29, 1.82) is 0 Å². The van der Waals surface area contributed by atoms with Gasteiger partial charge in [0, 0.05) is 13.1 Å². The van der Waals surface area contributed by atoms with Crippen molar-refractivity contribution in [3.05, 3.63) is 0 Å². The Labute approximate surface area is 85.3 Å². The summed E-state index contributed by atoms with van der Waals surface area (Å²) >= 11 is 0. The molecule has 0 bridgehead atoms. The highest BCUT2D eigenvalue weighted by Crippen LogP contribution is 2.28. The molecule has 1 fully saturated rings. The van der Waals surface area contributed by atoms with Gasteiger partial charge in [0.2, 0.25) is 0 Å². The molecule has 0 spiro atoms. The maximum absolute atomic E-state index is 9.08. The number of rotatable bonds is 5. The molecule has 0 aliphatic carbocycles. The summed E-state index contributed by atoms with van der Waals surface area (Å²) in [5, 5.41) is 20.8. The van der Waals surface area contributed by atoms with E-state index in [1.807, 2.05) is 0 Å². The average Bonchev–Trinajstić information content (AvgIpc) is 2.45. The molecule has 14 heavy (non-hydrogen) atoms. The fourth-order valence-corrected chi connectivity index (χ4v) is 1.70. The Hall–Kier alpha value is -0.160. The molecule has 1 aliphatic heterocycles. The highest BCUT2D eigenvalue weighted by Gasteiger charge is 2.31. The summed E-state index contributed by atoms with van der Waals surface area (Å²) in [7, 11) is 0. The summed E-state index contributed by atoms with van der Waals surface area (Å²) in [6.45, 7) is 5.17. The van der Waals surface area contributed by atoms with Crippen LogP contribution in [0.25, 0.3) is 0 Å². The molecule has 1 rings (SSSR count). The van der Waals surface area contributed by atoms with E-state index in [0.29, 0.717) is 6.54 Å². The van der Waals surface area contributed by atoms with Gasteiger partial charge in [0.15, 0.2) is 0 Å². The number of ether oxygens (including phenoxy) is 1. The van der Waals surface area contributed by atoms with E-state index in [0.717, 1.165) is 19.4 Å². The van der Waals surface area contributed by atoms with E-state index in [4.69, 9.17) is 14.9 Å². The molecule has 0 amide bonds. The first-order valence-corrected chi connectivity index (χ1v) is 5.21. The summed E-state index contributed by atoms with van der Waals surface area (Å²) in [6.07, 6.45) is 1.73. The van der Waals surface area contributed by atoms with Gasteiger partial charge in [-0.25, -0.2) is 0 Å². The summed E-state index contributed by atoms with van der Waals surface area (Å²) < 4.78 is 5.76. The fourth-order valence-electron chi connectivity index (χ4n) is 1.70. The van der Waals surface area contributed by atoms with Crippen LogP contribution in [0.4, 0.5) is 0 Å². The molecule has 2 unspecified atom stereocenters. The maximum Gasteiger partial charge on any atom is 0.0894 e. The number of aliphatic hydroxyl groups excluding tert-OH is 2. The summed E-state index contributed by atoms with van der Waals surface area (Å²) in [4.78, 5) is 0. The van der Waals surface area contributed by atoms with E-state index in [2.05, 4.69) is 19.2 Å². The van der Waals surface area contributed by atoms with E-state index in [-0.39, 0.29) is 18.3 Å². The number of nitrogens with one attached hydrogen (secondary N) is 1. The minimum Gasteiger partial charge on any atom is -0.394 e. The summed E-state index contributed by atoms with van der Waals surface area (Å²) in [6, 6.07) is 0. The Balaban J connectivity index is 2.09. The summed E-state index contributed by atoms with van der Waals surface area (Å²) in [5.41, 5.74) is 0.00193. The van der Waals surface area contributed by atoms with Crippen molar-refractivity contribution >= 4 is 0 Å². The van der Waals surface area contributed by atoms with Crippen LogP contribution in [0.15, 0.2) is 0 Å². The van der Waals surface area contributed by atoms with Crippen LogP contribution in [0.3, 0.4) is 0 Å². The third kappa shape index (κ3) is 3.92. The monoisotopic (exact) mass is 203 g/mol. The molecule has 0 aromatic heterocycles. The largest absolute Gasteiger partial charge is 0.394 e. The quantitative estimate of drug-likeness (QED) is 0.583. The normalized spacial score (nSPS) is 27.9. The lowest BCUT2D eigenvalue weighted by Gasteiger charge is -2.19. The first kappa shape index (κ1) is 11.9. The molecule has 84 valence electrons. The van der Waals surface area contributed by atoms with Crippen molar-refractivity contribution in [2.45, 2.75) is 44.5 Å². The smallest absolute Gasteiger partial charge is 0.0894 e. The molecule has 0 saturated carbocycles. The number of hydrogen-bond donors (Lipinski definition) is 3. The Bertz CT molecular complexity index is 173. The lowest BCUT2D eigenvalue weighted by Crippen LogP contribution is -2.35. The predicted octanol–water partition coefficient (Wildman–Crippen LogP) is -0.113. The van der Waals surface area contributed by atoms with Gasteiger partial charge in [-0.05, 0) is 26.7 Å². The second kappa shape index (κ2) is 5.07. The topological polar surface area (TPSA) is 61.7 Å². The standard InChI is InChI=1S/C10H21NO3/c1-10(2)4-3-9(14-10)6-11-5-8(13)7-12/h8-9,11-13H,3-7H2,1-2H3. The Kier molecular flexibility index (Phi) is 4.31. The molecule has 0 aromatic rings. The van der Waals surface area contributed by atoms with Crippen molar-refractivity contribution in [1.82, 2.24) is 5.32 Å². The van der Waals surface area contributed by atoms with Crippen LogP contribution in [-0.4, -0.2) is 47.7 Å². The van der Waals surface area contributed by atoms with Gasteiger partial charge in [-0.2, -0.15) is 0 Å². The minimum absolute atomic E-state index is 0.00193. The van der Waals surface area contributed by atoms with Crippen molar-refractivity contribution < 1.29 is 14.9 Å². The molecular formula is C10H21NO3. The maximum atomic E-state index is 9.08. The molecule has 0 radical (unpaired) electrons.